The molecule has 0 fully saturated rings. The Morgan fingerprint density at radius 1 is 0.960 bits per heavy atom. The molecule has 0 spiro atoms. The molecule has 3 amide bonds. The first-order valence-corrected chi connectivity index (χ1v) is 7.95. The molecule has 25 heavy (non-hydrogen) atoms. The number of rotatable bonds is 5. The maximum atomic E-state index is 12.2. The highest BCUT2D eigenvalue weighted by molar-refractivity contribution is 6.33. The van der Waals surface area contributed by atoms with Crippen molar-refractivity contribution < 1.29 is 14.4 Å². The van der Waals surface area contributed by atoms with Crippen LogP contribution < -0.4 is 15.5 Å². The molecular weight excluding hydrogens is 342 g/mol. The van der Waals surface area contributed by atoms with Crippen LogP contribution in [-0.4, -0.2) is 24.3 Å². The smallest absolute Gasteiger partial charge is 0.244 e. The van der Waals surface area contributed by atoms with Gasteiger partial charge in [-0.25, -0.2) is 0 Å². The molecule has 0 aliphatic rings. The molecule has 0 unspecified atom stereocenters. The molecule has 0 saturated heterocycles. The fraction of sp³-hybridized carbons (Fsp3) is 0.167. The number of carbonyl (C=O) groups is 3. The van der Waals surface area contributed by atoms with Gasteiger partial charge >= 0.3 is 0 Å². The lowest BCUT2D eigenvalue weighted by Crippen LogP contribution is -2.36. The van der Waals surface area contributed by atoms with Crippen molar-refractivity contribution in [3.8, 4) is 0 Å². The molecular formula is C18H18ClN3O3. The van der Waals surface area contributed by atoms with Crippen LogP contribution in [0.1, 0.15) is 13.8 Å². The number of hydrogen-bond donors (Lipinski definition) is 2. The molecule has 2 N–H and O–H groups in total. The van der Waals surface area contributed by atoms with E-state index in [-0.39, 0.29) is 24.3 Å². The Kier molecular flexibility index (Phi) is 6.14. The van der Waals surface area contributed by atoms with E-state index in [0.717, 1.165) is 0 Å². The Hall–Kier alpha value is -2.86. The minimum Gasteiger partial charge on any atom is -0.326 e. The molecule has 0 aliphatic carbocycles. The van der Waals surface area contributed by atoms with Gasteiger partial charge in [-0.1, -0.05) is 23.7 Å². The van der Waals surface area contributed by atoms with E-state index >= 15 is 0 Å². The summed E-state index contributed by atoms with van der Waals surface area (Å²) in [6, 6.07) is 13.5. The van der Waals surface area contributed by atoms with Crippen LogP contribution in [0.4, 0.5) is 17.1 Å². The molecule has 0 atom stereocenters. The molecule has 2 rings (SSSR count). The Morgan fingerprint density at radius 3 is 2.16 bits per heavy atom. The number of amides is 3. The van der Waals surface area contributed by atoms with Crippen molar-refractivity contribution in [3.63, 3.8) is 0 Å². The summed E-state index contributed by atoms with van der Waals surface area (Å²) >= 11 is 6.01. The summed E-state index contributed by atoms with van der Waals surface area (Å²) in [6.07, 6.45) is 0. The number of nitrogens with zero attached hydrogens (tertiary/aromatic N) is 1. The number of anilines is 3. The standard InChI is InChI=1S/C18H18ClN3O3/c1-12(23)20-14-7-9-15(10-8-14)22(13(2)24)11-18(25)21-17-6-4-3-5-16(17)19/h3-10H,11H2,1-2H3,(H,20,23)(H,21,25). The molecule has 0 saturated carbocycles. The maximum absolute atomic E-state index is 12.2. The maximum Gasteiger partial charge on any atom is 0.244 e. The van der Waals surface area contributed by atoms with Crippen LogP contribution in [0, 0.1) is 0 Å². The third-order valence-electron chi connectivity index (χ3n) is 3.33. The van der Waals surface area contributed by atoms with E-state index in [1.807, 2.05) is 0 Å². The summed E-state index contributed by atoms with van der Waals surface area (Å²) in [5.41, 5.74) is 1.65. The molecule has 130 valence electrons. The minimum atomic E-state index is -0.366. The summed E-state index contributed by atoms with van der Waals surface area (Å²) in [6.45, 7) is 2.64. The van der Waals surface area contributed by atoms with Crippen LogP contribution >= 0.6 is 11.6 Å². The monoisotopic (exact) mass is 359 g/mol. The number of nitrogens with one attached hydrogen (secondary N) is 2. The van der Waals surface area contributed by atoms with Gasteiger partial charge in [-0.05, 0) is 36.4 Å². The number of benzene rings is 2. The van der Waals surface area contributed by atoms with Crippen LogP contribution in [0.5, 0.6) is 0 Å². The van der Waals surface area contributed by atoms with Crippen molar-refractivity contribution in [2.24, 2.45) is 0 Å². The molecule has 0 aromatic heterocycles. The molecule has 0 aliphatic heterocycles. The molecule has 2 aromatic rings. The lowest BCUT2D eigenvalue weighted by atomic mass is 10.2. The zero-order valence-corrected chi connectivity index (χ0v) is 14.6. The van der Waals surface area contributed by atoms with Crippen molar-refractivity contribution in [3.05, 3.63) is 53.6 Å². The normalized spacial score (nSPS) is 10.0. The van der Waals surface area contributed by atoms with E-state index in [2.05, 4.69) is 10.6 Å². The predicted octanol–water partition coefficient (Wildman–Crippen LogP) is 3.29. The van der Waals surface area contributed by atoms with Gasteiger partial charge in [0.15, 0.2) is 0 Å². The predicted molar refractivity (Wildman–Crippen MR) is 98.9 cm³/mol. The summed E-state index contributed by atoms with van der Waals surface area (Å²) in [5, 5.41) is 5.75. The molecule has 0 bridgehead atoms. The molecule has 7 heteroatoms. The van der Waals surface area contributed by atoms with Crippen LogP contribution in [0.2, 0.25) is 5.02 Å². The first-order valence-electron chi connectivity index (χ1n) is 7.57. The van der Waals surface area contributed by atoms with Gasteiger partial charge in [-0.2, -0.15) is 0 Å². The van der Waals surface area contributed by atoms with Crippen molar-refractivity contribution in [2.45, 2.75) is 13.8 Å². The molecule has 0 heterocycles. The van der Waals surface area contributed by atoms with Crippen LogP contribution in [-0.2, 0) is 14.4 Å². The highest BCUT2D eigenvalue weighted by atomic mass is 35.5. The Balaban J connectivity index is 2.10. The van der Waals surface area contributed by atoms with Crippen molar-refractivity contribution in [1.82, 2.24) is 0 Å². The average molecular weight is 360 g/mol. The third-order valence-corrected chi connectivity index (χ3v) is 3.66. The van der Waals surface area contributed by atoms with Gasteiger partial charge in [0.2, 0.25) is 17.7 Å². The van der Waals surface area contributed by atoms with E-state index in [1.165, 1.54) is 18.7 Å². The highest BCUT2D eigenvalue weighted by Crippen LogP contribution is 2.21. The quantitative estimate of drug-likeness (QED) is 0.859. The zero-order chi connectivity index (χ0) is 18.4. The number of para-hydroxylation sites is 1. The van der Waals surface area contributed by atoms with Crippen molar-refractivity contribution in [1.29, 1.82) is 0 Å². The topological polar surface area (TPSA) is 78.5 Å². The largest absolute Gasteiger partial charge is 0.326 e. The van der Waals surface area contributed by atoms with E-state index in [4.69, 9.17) is 11.6 Å². The van der Waals surface area contributed by atoms with Crippen molar-refractivity contribution >= 4 is 46.4 Å². The van der Waals surface area contributed by atoms with Crippen LogP contribution in [0.3, 0.4) is 0 Å². The zero-order valence-electron chi connectivity index (χ0n) is 13.9. The Morgan fingerprint density at radius 2 is 1.60 bits per heavy atom. The fourth-order valence-corrected chi connectivity index (χ4v) is 2.39. The second kappa shape index (κ2) is 8.30. The number of hydrogen-bond acceptors (Lipinski definition) is 3. The van der Waals surface area contributed by atoms with E-state index in [1.54, 1.807) is 48.5 Å². The van der Waals surface area contributed by atoms with Gasteiger partial charge in [0.25, 0.3) is 0 Å². The second-order valence-corrected chi connectivity index (χ2v) is 5.77. The highest BCUT2D eigenvalue weighted by Gasteiger charge is 2.16. The first kappa shape index (κ1) is 18.5. The van der Waals surface area contributed by atoms with Gasteiger partial charge in [-0.15, -0.1) is 0 Å². The third kappa shape index (κ3) is 5.32. The first-order chi connectivity index (χ1) is 11.9. The van der Waals surface area contributed by atoms with Gasteiger partial charge < -0.3 is 15.5 Å². The fourth-order valence-electron chi connectivity index (χ4n) is 2.21. The summed E-state index contributed by atoms with van der Waals surface area (Å²) in [7, 11) is 0. The Bertz CT molecular complexity index is 790. The summed E-state index contributed by atoms with van der Waals surface area (Å²) in [5.74, 6) is -0.828. The average Bonchev–Trinajstić information content (AvgIpc) is 2.55. The van der Waals surface area contributed by atoms with Gasteiger partial charge in [0.1, 0.15) is 6.54 Å². The van der Waals surface area contributed by atoms with Gasteiger partial charge in [0, 0.05) is 25.2 Å². The molecule has 6 nitrogen and oxygen atoms in total. The van der Waals surface area contributed by atoms with Gasteiger partial charge in [-0.3, -0.25) is 14.4 Å². The SMILES string of the molecule is CC(=O)Nc1ccc(N(CC(=O)Nc2ccccc2Cl)C(C)=O)cc1. The molecule has 2 aromatic carbocycles. The van der Waals surface area contributed by atoms with Crippen molar-refractivity contribution in [2.75, 3.05) is 22.1 Å². The Labute approximate surface area is 150 Å². The van der Waals surface area contributed by atoms with Crippen LogP contribution in [0.25, 0.3) is 0 Å². The number of halogens is 1. The summed E-state index contributed by atoms with van der Waals surface area (Å²) < 4.78 is 0. The summed E-state index contributed by atoms with van der Waals surface area (Å²) in [4.78, 5) is 36.5. The van der Waals surface area contributed by atoms with Crippen LogP contribution in [0.15, 0.2) is 48.5 Å². The van der Waals surface area contributed by atoms with Gasteiger partial charge in [0.05, 0.1) is 10.7 Å². The minimum absolute atomic E-state index is 0.153. The molecule has 0 radical (unpaired) electrons. The second-order valence-electron chi connectivity index (χ2n) is 5.36. The van der Waals surface area contributed by atoms with E-state index in [9.17, 15) is 14.4 Å². The lowest BCUT2D eigenvalue weighted by molar-refractivity contribution is -0.120. The van der Waals surface area contributed by atoms with E-state index in [0.29, 0.717) is 22.1 Å². The number of carbonyl (C=O) groups excluding carboxylic acids is 3. The lowest BCUT2D eigenvalue weighted by Gasteiger charge is -2.21. The van der Waals surface area contributed by atoms with E-state index < -0.39 is 0 Å².